The Kier molecular flexibility index (Phi) is 7.04. The molecule has 1 aliphatic heterocycles. The molecule has 0 N–H and O–H groups in total. The van der Waals surface area contributed by atoms with E-state index in [9.17, 15) is 14.9 Å². The summed E-state index contributed by atoms with van der Waals surface area (Å²) in [4.78, 5) is 10.6. The van der Waals surface area contributed by atoms with Crippen LogP contribution in [0.3, 0.4) is 0 Å². The second-order valence-electron chi connectivity index (χ2n) is 7.23. The molecule has 33 heavy (non-hydrogen) atoms. The summed E-state index contributed by atoms with van der Waals surface area (Å²) in [6.45, 7) is 1.19. The fraction of sp³-hybridized carbons (Fsp3) is 0.250. The van der Waals surface area contributed by atoms with E-state index in [1.807, 2.05) is 12.1 Å². The molecule has 1 fully saturated rings. The van der Waals surface area contributed by atoms with Crippen LogP contribution in [0, 0.1) is 22.7 Å². The number of alkyl halides is 1. The lowest BCUT2D eigenvalue weighted by Crippen LogP contribution is -2.49. The number of nitrogens with zero attached hydrogens (tertiary/aromatic N) is 5. The van der Waals surface area contributed by atoms with Gasteiger partial charge in [-0.25, -0.2) is 14.4 Å². The predicted molar refractivity (Wildman–Crippen MR) is 122 cm³/mol. The smallest absolute Gasteiger partial charge is 0.148 e. The fourth-order valence-electron chi connectivity index (χ4n) is 3.42. The van der Waals surface area contributed by atoms with Crippen LogP contribution in [0.15, 0.2) is 58.7 Å². The topological polar surface area (TPSA) is 95.1 Å². The van der Waals surface area contributed by atoms with Gasteiger partial charge in [-0.3, -0.25) is 0 Å². The van der Waals surface area contributed by atoms with Gasteiger partial charge in [0.05, 0.1) is 25.3 Å². The third-order valence-corrected chi connectivity index (χ3v) is 5.98. The van der Waals surface area contributed by atoms with Crippen molar-refractivity contribution in [3.05, 3.63) is 59.8 Å². The van der Waals surface area contributed by atoms with Crippen molar-refractivity contribution in [1.29, 1.82) is 10.5 Å². The maximum absolute atomic E-state index is 13.6. The van der Waals surface area contributed by atoms with E-state index in [0.717, 1.165) is 0 Å². The minimum atomic E-state index is -0.965. The molecule has 7 nitrogen and oxygen atoms in total. The summed E-state index contributed by atoms with van der Waals surface area (Å²) in [5.74, 6) is 1.02. The van der Waals surface area contributed by atoms with Crippen LogP contribution in [-0.2, 0) is 4.74 Å². The van der Waals surface area contributed by atoms with Gasteiger partial charge < -0.3 is 14.4 Å². The number of rotatable bonds is 8. The van der Waals surface area contributed by atoms with Crippen molar-refractivity contribution in [2.24, 2.45) is 0 Å². The minimum Gasteiger partial charge on any atom is -0.491 e. The number of hydrogen-bond donors (Lipinski definition) is 0. The van der Waals surface area contributed by atoms with E-state index in [1.165, 1.54) is 11.8 Å². The van der Waals surface area contributed by atoms with Gasteiger partial charge in [0.1, 0.15) is 52.1 Å². The Labute approximate surface area is 195 Å². The number of pyridine rings is 2. The van der Waals surface area contributed by atoms with Crippen LogP contribution in [0.2, 0.25) is 0 Å². The summed E-state index contributed by atoms with van der Waals surface area (Å²) in [7, 11) is 1.60. The monoisotopic (exact) mass is 461 g/mol. The molecule has 0 radical (unpaired) electrons. The Hall–Kier alpha value is -3.66. The van der Waals surface area contributed by atoms with Gasteiger partial charge in [0.15, 0.2) is 0 Å². The summed E-state index contributed by atoms with van der Waals surface area (Å²) in [6, 6.07) is 17.0. The van der Waals surface area contributed by atoms with Crippen LogP contribution in [0.4, 0.5) is 10.2 Å². The van der Waals surface area contributed by atoms with Gasteiger partial charge >= 0.3 is 0 Å². The second-order valence-corrected chi connectivity index (χ2v) is 8.24. The zero-order valence-corrected chi connectivity index (χ0v) is 18.7. The first-order valence-electron chi connectivity index (χ1n) is 10.2. The van der Waals surface area contributed by atoms with Gasteiger partial charge in [-0.1, -0.05) is 18.2 Å². The van der Waals surface area contributed by atoms with E-state index in [2.05, 4.69) is 22.1 Å². The maximum Gasteiger partial charge on any atom is 0.148 e. The molecule has 0 atom stereocenters. The van der Waals surface area contributed by atoms with Crippen molar-refractivity contribution in [2.45, 2.75) is 16.2 Å². The van der Waals surface area contributed by atoms with E-state index in [4.69, 9.17) is 9.47 Å². The third-order valence-electron chi connectivity index (χ3n) is 5.04. The highest BCUT2D eigenvalue weighted by molar-refractivity contribution is 7.99. The molecule has 1 aromatic carbocycles. The number of hydrogen-bond acceptors (Lipinski definition) is 8. The quantitative estimate of drug-likeness (QED) is 0.460. The van der Waals surface area contributed by atoms with E-state index < -0.39 is 6.17 Å². The Morgan fingerprint density at radius 1 is 1.09 bits per heavy atom. The molecule has 2 aromatic heterocycles. The van der Waals surface area contributed by atoms with Gasteiger partial charge in [0, 0.05) is 18.9 Å². The molecule has 1 aliphatic rings. The highest BCUT2D eigenvalue weighted by Crippen LogP contribution is 2.40. The molecule has 166 valence electrons. The van der Waals surface area contributed by atoms with E-state index in [1.54, 1.807) is 48.5 Å². The van der Waals surface area contributed by atoms with Crippen molar-refractivity contribution in [2.75, 3.05) is 38.3 Å². The Balaban J connectivity index is 1.81. The maximum atomic E-state index is 13.6. The average Bonchev–Trinajstić information content (AvgIpc) is 2.82. The highest BCUT2D eigenvalue weighted by atomic mass is 32.2. The summed E-state index contributed by atoms with van der Waals surface area (Å²) < 4.78 is 24.3. The molecule has 9 heteroatoms. The number of aromatic nitrogens is 2. The molecule has 3 heterocycles. The molecular formula is C24H20FN5O2S. The number of benzene rings is 1. The second kappa shape index (κ2) is 10.3. The summed E-state index contributed by atoms with van der Waals surface area (Å²) in [6.07, 6.45) is 0.693. The third kappa shape index (κ3) is 4.90. The van der Waals surface area contributed by atoms with Crippen LogP contribution in [0.25, 0.3) is 11.1 Å². The number of methoxy groups -OCH3 is 1. The molecule has 1 saturated heterocycles. The molecule has 0 saturated carbocycles. The molecule has 0 aliphatic carbocycles. The first kappa shape index (κ1) is 22.5. The summed E-state index contributed by atoms with van der Waals surface area (Å²) in [5.41, 5.74) is 1.66. The SMILES string of the molecule is COCCOc1ccc(-c2c(C#N)c(Sc3ccccn3)nc(N3CC(F)C3)c2C#N)cc1. The lowest BCUT2D eigenvalue weighted by molar-refractivity contribution is 0.146. The number of nitriles is 2. The zero-order chi connectivity index (χ0) is 23.2. The molecule has 4 rings (SSSR count). The molecule has 0 bridgehead atoms. The lowest BCUT2D eigenvalue weighted by Gasteiger charge is -2.36. The van der Waals surface area contributed by atoms with E-state index in [0.29, 0.717) is 46.0 Å². The Bertz CT molecular complexity index is 1200. The molecule has 3 aromatic rings. The summed E-state index contributed by atoms with van der Waals surface area (Å²) >= 11 is 1.24. The van der Waals surface area contributed by atoms with Crippen molar-refractivity contribution < 1.29 is 13.9 Å². The first-order valence-corrected chi connectivity index (χ1v) is 11.0. The standard InChI is InChI=1S/C24H20FN5O2S/c1-31-10-11-32-18-7-5-16(6-8-18)22-19(12-26)23(30-14-17(25)15-30)29-24(20(22)13-27)33-21-4-2-3-9-28-21/h2-9,17H,10-11,14-15H2,1H3. The Morgan fingerprint density at radius 3 is 2.45 bits per heavy atom. The molecule has 0 unspecified atom stereocenters. The molecular weight excluding hydrogens is 441 g/mol. The van der Waals surface area contributed by atoms with E-state index >= 15 is 0 Å². The minimum absolute atomic E-state index is 0.160. The van der Waals surface area contributed by atoms with Crippen molar-refractivity contribution in [1.82, 2.24) is 9.97 Å². The summed E-state index contributed by atoms with van der Waals surface area (Å²) in [5, 5.41) is 21.2. The Morgan fingerprint density at radius 2 is 1.85 bits per heavy atom. The van der Waals surface area contributed by atoms with Crippen molar-refractivity contribution in [3.8, 4) is 29.0 Å². The number of ether oxygens (including phenoxy) is 2. The number of halogens is 1. The van der Waals surface area contributed by atoms with Gasteiger partial charge in [0.2, 0.25) is 0 Å². The van der Waals surface area contributed by atoms with Crippen LogP contribution < -0.4 is 9.64 Å². The van der Waals surface area contributed by atoms with Crippen molar-refractivity contribution >= 4 is 17.6 Å². The largest absolute Gasteiger partial charge is 0.491 e. The van der Waals surface area contributed by atoms with Gasteiger partial charge in [-0.05, 0) is 41.6 Å². The molecule has 0 amide bonds. The fourth-order valence-corrected chi connectivity index (χ4v) is 4.26. The van der Waals surface area contributed by atoms with Crippen LogP contribution in [-0.4, -0.2) is 49.6 Å². The first-order chi connectivity index (χ1) is 16.1. The van der Waals surface area contributed by atoms with Gasteiger partial charge in [-0.15, -0.1) is 0 Å². The zero-order valence-electron chi connectivity index (χ0n) is 17.9. The van der Waals surface area contributed by atoms with Gasteiger partial charge in [-0.2, -0.15) is 10.5 Å². The van der Waals surface area contributed by atoms with E-state index in [-0.39, 0.29) is 24.2 Å². The number of anilines is 1. The normalized spacial score (nSPS) is 13.2. The van der Waals surface area contributed by atoms with Gasteiger partial charge in [0.25, 0.3) is 0 Å². The van der Waals surface area contributed by atoms with Crippen LogP contribution >= 0.6 is 11.8 Å². The van der Waals surface area contributed by atoms with Crippen LogP contribution in [0.1, 0.15) is 11.1 Å². The predicted octanol–water partition coefficient (Wildman–Crippen LogP) is 4.22. The molecule has 0 spiro atoms. The van der Waals surface area contributed by atoms with Crippen LogP contribution in [0.5, 0.6) is 5.75 Å². The average molecular weight is 462 g/mol. The highest BCUT2D eigenvalue weighted by Gasteiger charge is 2.32. The lowest BCUT2D eigenvalue weighted by atomic mass is 9.95. The van der Waals surface area contributed by atoms with Crippen molar-refractivity contribution in [3.63, 3.8) is 0 Å².